The van der Waals surface area contributed by atoms with E-state index in [0.717, 1.165) is 0 Å². The lowest BCUT2D eigenvalue weighted by molar-refractivity contribution is -0.117. The number of ether oxygens (including phenoxy) is 1. The van der Waals surface area contributed by atoms with Crippen molar-refractivity contribution in [3.05, 3.63) is 82.8 Å². The molecule has 0 spiro atoms. The Hall–Kier alpha value is -2.58. The van der Waals surface area contributed by atoms with E-state index in [-0.39, 0.29) is 4.90 Å². The Morgan fingerprint density at radius 2 is 1.57 bits per heavy atom. The minimum Gasteiger partial charge on any atom is -0.455 e. The zero-order valence-electron chi connectivity index (χ0n) is 15.8. The van der Waals surface area contributed by atoms with Crippen LogP contribution in [-0.2, 0) is 14.8 Å². The molecule has 1 amide bonds. The van der Waals surface area contributed by atoms with Gasteiger partial charge in [0.1, 0.15) is 5.75 Å². The highest BCUT2D eigenvalue weighted by Crippen LogP contribution is 2.32. The predicted molar refractivity (Wildman–Crippen MR) is 118 cm³/mol. The molecule has 156 valence electrons. The van der Waals surface area contributed by atoms with Gasteiger partial charge in [-0.1, -0.05) is 41.4 Å². The molecule has 0 fully saturated rings. The van der Waals surface area contributed by atoms with E-state index in [2.05, 4.69) is 10.0 Å². The third kappa shape index (κ3) is 5.73. The normalized spacial score (nSPS) is 12.2. The van der Waals surface area contributed by atoms with Gasteiger partial charge in [-0.15, -0.1) is 0 Å². The maximum Gasteiger partial charge on any atom is 0.242 e. The number of carbonyl (C=O) groups is 1. The Balaban J connectivity index is 1.75. The van der Waals surface area contributed by atoms with Crippen molar-refractivity contribution >= 4 is 44.8 Å². The van der Waals surface area contributed by atoms with Crippen molar-refractivity contribution in [2.45, 2.75) is 17.9 Å². The van der Waals surface area contributed by atoms with Crippen LogP contribution in [0.25, 0.3) is 0 Å². The highest BCUT2D eigenvalue weighted by atomic mass is 35.5. The molecule has 9 heteroatoms. The van der Waals surface area contributed by atoms with E-state index < -0.39 is 22.0 Å². The summed E-state index contributed by atoms with van der Waals surface area (Å²) >= 11 is 11.8. The Labute approximate surface area is 184 Å². The summed E-state index contributed by atoms with van der Waals surface area (Å²) in [5.74, 6) is 0.367. The molecule has 0 heterocycles. The Morgan fingerprint density at radius 3 is 2.23 bits per heavy atom. The summed E-state index contributed by atoms with van der Waals surface area (Å²) < 4.78 is 33.1. The minimum atomic E-state index is -3.91. The average molecular weight is 465 g/mol. The molecule has 0 aliphatic heterocycles. The Morgan fingerprint density at radius 1 is 0.933 bits per heavy atom. The first kappa shape index (κ1) is 22.1. The fraction of sp³-hybridized carbons (Fsp3) is 0.0952. The summed E-state index contributed by atoms with van der Waals surface area (Å²) in [6.07, 6.45) is 0. The topological polar surface area (TPSA) is 84.5 Å². The van der Waals surface area contributed by atoms with Gasteiger partial charge >= 0.3 is 0 Å². The van der Waals surface area contributed by atoms with Crippen LogP contribution in [0.3, 0.4) is 0 Å². The number of amides is 1. The zero-order valence-corrected chi connectivity index (χ0v) is 18.1. The van der Waals surface area contributed by atoms with Crippen molar-refractivity contribution in [3.8, 4) is 11.5 Å². The van der Waals surface area contributed by atoms with Crippen molar-refractivity contribution in [2.75, 3.05) is 5.32 Å². The maximum atomic E-state index is 12.6. The van der Waals surface area contributed by atoms with Crippen LogP contribution in [0.15, 0.2) is 77.7 Å². The lowest BCUT2D eigenvalue weighted by atomic mass is 10.2. The van der Waals surface area contributed by atoms with E-state index in [1.165, 1.54) is 37.3 Å². The zero-order chi connectivity index (χ0) is 21.7. The second-order valence-electron chi connectivity index (χ2n) is 6.34. The molecule has 0 saturated heterocycles. The molecule has 0 aliphatic carbocycles. The lowest BCUT2D eigenvalue weighted by Crippen LogP contribution is -2.41. The molecule has 3 aromatic carbocycles. The van der Waals surface area contributed by atoms with Gasteiger partial charge in [0.15, 0.2) is 5.75 Å². The minimum absolute atomic E-state index is 0.00223. The molecule has 0 saturated carbocycles. The summed E-state index contributed by atoms with van der Waals surface area (Å²) in [6.45, 7) is 1.44. The molecule has 30 heavy (non-hydrogen) atoms. The van der Waals surface area contributed by atoms with E-state index in [1.807, 2.05) is 18.2 Å². The van der Waals surface area contributed by atoms with Crippen LogP contribution >= 0.6 is 23.2 Å². The van der Waals surface area contributed by atoms with Crippen LogP contribution in [0.5, 0.6) is 11.5 Å². The first-order chi connectivity index (χ1) is 14.2. The third-order valence-electron chi connectivity index (χ3n) is 4.02. The van der Waals surface area contributed by atoms with Crippen LogP contribution < -0.4 is 14.8 Å². The molecule has 3 aromatic rings. The number of hydrogen-bond donors (Lipinski definition) is 2. The number of nitrogens with one attached hydrogen (secondary N) is 2. The van der Waals surface area contributed by atoms with Gasteiger partial charge in [-0.3, -0.25) is 4.79 Å². The summed E-state index contributed by atoms with van der Waals surface area (Å²) in [6, 6.07) is 18.4. The standard InChI is InChI=1S/C21H18Cl2N2O4S/c1-14(25-30(27,28)18-10-7-15(22)8-11-18)21(26)24-19-13-16(23)9-12-20(19)29-17-5-3-2-4-6-17/h2-14,25H,1H3,(H,24,26)/t14-/m1/s1. The largest absolute Gasteiger partial charge is 0.455 e. The number of carbonyl (C=O) groups excluding carboxylic acids is 1. The number of halogens is 2. The van der Waals surface area contributed by atoms with Crippen LogP contribution in [0.1, 0.15) is 6.92 Å². The molecule has 0 radical (unpaired) electrons. The average Bonchev–Trinajstić information content (AvgIpc) is 2.71. The second-order valence-corrected chi connectivity index (χ2v) is 8.93. The number of sulfonamides is 1. The van der Waals surface area contributed by atoms with Gasteiger partial charge in [-0.2, -0.15) is 4.72 Å². The van der Waals surface area contributed by atoms with Crippen molar-refractivity contribution in [1.82, 2.24) is 4.72 Å². The van der Waals surface area contributed by atoms with Gasteiger partial charge in [0.2, 0.25) is 15.9 Å². The molecule has 0 aromatic heterocycles. The first-order valence-electron chi connectivity index (χ1n) is 8.86. The van der Waals surface area contributed by atoms with Gasteiger partial charge in [-0.05, 0) is 61.5 Å². The number of anilines is 1. The summed E-state index contributed by atoms with van der Waals surface area (Å²) in [5, 5.41) is 3.46. The van der Waals surface area contributed by atoms with Gasteiger partial charge in [0, 0.05) is 10.0 Å². The van der Waals surface area contributed by atoms with Crippen LogP contribution in [0.4, 0.5) is 5.69 Å². The second kappa shape index (κ2) is 9.49. The fourth-order valence-corrected chi connectivity index (χ4v) is 4.01. The van der Waals surface area contributed by atoms with Gasteiger partial charge in [-0.25, -0.2) is 8.42 Å². The van der Waals surface area contributed by atoms with E-state index in [9.17, 15) is 13.2 Å². The van der Waals surface area contributed by atoms with Crippen molar-refractivity contribution in [3.63, 3.8) is 0 Å². The number of hydrogen-bond acceptors (Lipinski definition) is 4. The van der Waals surface area contributed by atoms with Crippen LogP contribution in [0, 0.1) is 0 Å². The maximum absolute atomic E-state index is 12.6. The van der Waals surface area contributed by atoms with Crippen molar-refractivity contribution in [1.29, 1.82) is 0 Å². The third-order valence-corrected chi connectivity index (χ3v) is 6.06. The van der Waals surface area contributed by atoms with E-state index in [1.54, 1.807) is 24.3 Å². The quantitative estimate of drug-likeness (QED) is 0.509. The van der Waals surface area contributed by atoms with E-state index in [0.29, 0.717) is 27.2 Å². The van der Waals surface area contributed by atoms with Crippen molar-refractivity contribution in [2.24, 2.45) is 0 Å². The SMILES string of the molecule is C[C@@H](NS(=O)(=O)c1ccc(Cl)cc1)C(=O)Nc1cc(Cl)ccc1Oc1ccccc1. The molecule has 6 nitrogen and oxygen atoms in total. The van der Waals surface area contributed by atoms with Crippen molar-refractivity contribution < 1.29 is 17.9 Å². The monoisotopic (exact) mass is 464 g/mol. The fourth-order valence-electron chi connectivity index (χ4n) is 2.51. The molecular weight excluding hydrogens is 447 g/mol. The Bertz CT molecular complexity index is 1140. The highest BCUT2D eigenvalue weighted by Gasteiger charge is 2.23. The molecule has 2 N–H and O–H groups in total. The van der Waals surface area contributed by atoms with Gasteiger partial charge < -0.3 is 10.1 Å². The van der Waals surface area contributed by atoms with E-state index in [4.69, 9.17) is 27.9 Å². The molecule has 3 rings (SSSR count). The number of rotatable bonds is 7. The number of para-hydroxylation sites is 1. The van der Waals surface area contributed by atoms with Crippen LogP contribution in [0.2, 0.25) is 10.0 Å². The van der Waals surface area contributed by atoms with Gasteiger partial charge in [0.05, 0.1) is 16.6 Å². The molecular formula is C21H18Cl2N2O4S. The van der Waals surface area contributed by atoms with E-state index >= 15 is 0 Å². The molecule has 1 atom stereocenters. The van der Waals surface area contributed by atoms with Gasteiger partial charge in [0.25, 0.3) is 0 Å². The molecule has 0 bridgehead atoms. The Kier molecular flexibility index (Phi) is 6.99. The lowest BCUT2D eigenvalue weighted by Gasteiger charge is -2.17. The molecule has 0 unspecified atom stereocenters. The molecule has 0 aliphatic rings. The highest BCUT2D eigenvalue weighted by molar-refractivity contribution is 7.89. The predicted octanol–water partition coefficient (Wildman–Crippen LogP) is 5.09. The summed E-state index contributed by atoms with van der Waals surface area (Å²) in [7, 11) is -3.91. The summed E-state index contributed by atoms with van der Waals surface area (Å²) in [5.41, 5.74) is 0.314. The number of benzene rings is 3. The van der Waals surface area contributed by atoms with Crippen LogP contribution in [-0.4, -0.2) is 20.4 Å². The smallest absolute Gasteiger partial charge is 0.242 e. The first-order valence-corrected chi connectivity index (χ1v) is 11.1. The summed E-state index contributed by atoms with van der Waals surface area (Å²) in [4.78, 5) is 12.6.